The van der Waals surface area contributed by atoms with Crippen molar-refractivity contribution >= 4 is 34.2 Å². The first kappa shape index (κ1) is 23.2. The number of aromatic nitrogens is 3. The van der Waals surface area contributed by atoms with Crippen LogP contribution in [0.25, 0.3) is 16.8 Å². The summed E-state index contributed by atoms with van der Waals surface area (Å²) in [6, 6.07) is 16.0. The Labute approximate surface area is 206 Å². The van der Waals surface area contributed by atoms with Crippen molar-refractivity contribution in [3.63, 3.8) is 0 Å². The Kier molecular flexibility index (Phi) is 6.58. The number of nitrogens with one attached hydrogen (secondary N) is 1. The predicted octanol–water partition coefficient (Wildman–Crippen LogP) is 2.78. The molecule has 1 atom stereocenters. The van der Waals surface area contributed by atoms with Crippen LogP contribution in [0.4, 0.5) is 11.6 Å². The molecule has 0 spiro atoms. The topological polar surface area (TPSA) is 109 Å². The molecule has 5 rings (SSSR count). The van der Waals surface area contributed by atoms with Gasteiger partial charge in [-0.2, -0.15) is 0 Å². The molecule has 1 saturated heterocycles. The molecule has 180 valence electrons. The van der Waals surface area contributed by atoms with Gasteiger partial charge in [0.1, 0.15) is 22.5 Å². The monoisotopic (exact) mass is 489 g/mol. The third kappa shape index (κ3) is 5.24. The highest BCUT2D eigenvalue weighted by molar-refractivity contribution is 7.82. The number of amides is 1. The number of rotatable bonds is 6. The van der Waals surface area contributed by atoms with Crippen LogP contribution in [-0.2, 0) is 22.3 Å². The fourth-order valence-electron chi connectivity index (χ4n) is 4.19. The molecule has 1 amide bonds. The van der Waals surface area contributed by atoms with Gasteiger partial charge in [0.15, 0.2) is 5.82 Å². The molecule has 0 aliphatic carbocycles. The van der Waals surface area contributed by atoms with Crippen molar-refractivity contribution < 1.29 is 9.00 Å². The van der Waals surface area contributed by atoms with Crippen LogP contribution in [0.5, 0.6) is 0 Å². The normalized spacial score (nSPS) is 15.8. The van der Waals surface area contributed by atoms with Gasteiger partial charge in [-0.05, 0) is 23.8 Å². The number of piperazine rings is 1. The highest BCUT2D eigenvalue weighted by Crippen LogP contribution is 2.27. The van der Waals surface area contributed by atoms with Gasteiger partial charge in [-0.15, -0.1) is 0 Å². The Morgan fingerprint density at radius 3 is 2.57 bits per heavy atom. The van der Waals surface area contributed by atoms with E-state index in [0.29, 0.717) is 29.5 Å². The van der Waals surface area contributed by atoms with Gasteiger partial charge in [0.25, 0.3) is 0 Å². The first-order chi connectivity index (χ1) is 17.0. The van der Waals surface area contributed by atoms with E-state index in [1.54, 1.807) is 12.4 Å². The summed E-state index contributed by atoms with van der Waals surface area (Å²) in [5.41, 5.74) is 9.82. The number of fused-ring (bicyclic) bond motifs is 1. The van der Waals surface area contributed by atoms with Crippen LogP contribution in [0.1, 0.15) is 12.5 Å². The molecule has 0 radical (unpaired) electrons. The fraction of sp³-hybridized carbons (Fsp3) is 0.240. The zero-order chi connectivity index (χ0) is 24.4. The Balaban J connectivity index is 1.31. The maximum absolute atomic E-state index is 13.4. The molecule has 1 unspecified atom stereocenters. The smallest absolute Gasteiger partial charge is 0.222 e. The van der Waals surface area contributed by atoms with Crippen LogP contribution in [0.3, 0.4) is 0 Å². The van der Waals surface area contributed by atoms with Crippen LogP contribution < -0.4 is 11.1 Å². The molecule has 35 heavy (non-hydrogen) atoms. The zero-order valence-electron chi connectivity index (χ0n) is 19.4. The lowest BCUT2D eigenvalue weighted by molar-refractivity contribution is -0.114. The zero-order valence-corrected chi connectivity index (χ0v) is 20.2. The average molecular weight is 490 g/mol. The molecule has 1 aromatic carbocycles. The van der Waals surface area contributed by atoms with E-state index in [4.69, 9.17) is 5.73 Å². The van der Waals surface area contributed by atoms with E-state index in [1.165, 1.54) is 12.5 Å². The molecule has 3 N–H and O–H groups in total. The van der Waals surface area contributed by atoms with E-state index in [0.717, 1.165) is 30.8 Å². The summed E-state index contributed by atoms with van der Waals surface area (Å²) in [7, 11) is -1.40. The molecule has 9 nitrogen and oxygen atoms in total. The molecule has 1 fully saturated rings. The number of nitrogen functional groups attached to an aromatic ring is 1. The number of benzene rings is 1. The second-order valence-corrected chi connectivity index (χ2v) is 9.99. The summed E-state index contributed by atoms with van der Waals surface area (Å²) in [5.74, 6) is 0.582. The maximum Gasteiger partial charge on any atom is 0.222 e. The molecule has 1 aliphatic rings. The molecule has 4 heterocycles. The largest absolute Gasteiger partial charge is 0.383 e. The number of hydrogen-bond donors (Lipinski definition) is 2. The van der Waals surface area contributed by atoms with Crippen molar-refractivity contribution in [1.82, 2.24) is 23.6 Å². The number of hydrogen-bond acceptors (Lipinski definition) is 6. The highest BCUT2D eigenvalue weighted by Gasteiger charge is 2.24. The summed E-state index contributed by atoms with van der Waals surface area (Å²) in [5, 5.41) is 2.69. The lowest BCUT2D eigenvalue weighted by Gasteiger charge is -2.33. The summed E-state index contributed by atoms with van der Waals surface area (Å²) in [6.45, 7) is 5.39. The summed E-state index contributed by atoms with van der Waals surface area (Å²) >= 11 is 0. The number of nitrogens with zero attached hydrogens (tertiary/aromatic N) is 5. The van der Waals surface area contributed by atoms with Gasteiger partial charge in [-0.1, -0.05) is 30.3 Å². The van der Waals surface area contributed by atoms with E-state index >= 15 is 0 Å². The van der Waals surface area contributed by atoms with E-state index in [1.807, 2.05) is 39.2 Å². The lowest BCUT2D eigenvalue weighted by atomic mass is 10.1. The number of carbonyl (C=O) groups is 1. The van der Waals surface area contributed by atoms with Gasteiger partial charge < -0.3 is 15.5 Å². The Bertz CT molecular complexity index is 1380. The summed E-state index contributed by atoms with van der Waals surface area (Å²) in [4.78, 5) is 22.9. The average Bonchev–Trinajstić information content (AvgIpc) is 3.26. The third-order valence-electron chi connectivity index (χ3n) is 5.97. The Morgan fingerprint density at radius 2 is 1.83 bits per heavy atom. The quantitative estimate of drug-likeness (QED) is 0.431. The minimum absolute atomic E-state index is 0.176. The van der Waals surface area contributed by atoms with E-state index in [9.17, 15) is 9.00 Å². The Hall–Kier alpha value is -3.60. The molecule has 3 aromatic heterocycles. The second kappa shape index (κ2) is 9.95. The van der Waals surface area contributed by atoms with E-state index < -0.39 is 11.0 Å². The van der Waals surface area contributed by atoms with Crippen LogP contribution >= 0.6 is 0 Å². The second-order valence-electron chi connectivity index (χ2n) is 8.54. The third-order valence-corrected chi connectivity index (χ3v) is 7.51. The SMILES string of the molecule is CC(=O)Nc1cn2cc(-c3cnc(N)c(S(=O)N4CCN(Cc5ccccc5)CC4)c3)ccc2n1. The van der Waals surface area contributed by atoms with Gasteiger partial charge >= 0.3 is 0 Å². The number of nitrogens with two attached hydrogens (primary N) is 1. The predicted molar refractivity (Wildman–Crippen MR) is 137 cm³/mol. The molecule has 4 aromatic rings. The van der Waals surface area contributed by atoms with Gasteiger partial charge in [0.2, 0.25) is 5.91 Å². The van der Waals surface area contributed by atoms with Gasteiger partial charge in [-0.25, -0.2) is 18.5 Å². The maximum atomic E-state index is 13.4. The van der Waals surface area contributed by atoms with E-state index in [-0.39, 0.29) is 11.7 Å². The van der Waals surface area contributed by atoms with Crippen LogP contribution in [0.2, 0.25) is 0 Å². The van der Waals surface area contributed by atoms with Crippen LogP contribution in [-0.4, -0.2) is 59.9 Å². The van der Waals surface area contributed by atoms with Crippen molar-refractivity contribution in [2.24, 2.45) is 0 Å². The minimum atomic E-state index is -1.40. The van der Waals surface area contributed by atoms with Crippen molar-refractivity contribution in [3.8, 4) is 11.1 Å². The first-order valence-corrected chi connectivity index (χ1v) is 12.5. The standard InChI is InChI=1S/C25H27N7O2S/c1-18(33)28-23-17-31-16-20(7-8-24(31)29-23)21-13-22(25(26)27-14-21)35(34)32-11-9-30(10-12-32)15-19-5-3-2-4-6-19/h2-8,13-14,16-17H,9-12,15H2,1H3,(H2,26,27)(H,28,33). The molecule has 0 bridgehead atoms. The summed E-state index contributed by atoms with van der Waals surface area (Å²) in [6.07, 6.45) is 5.33. The summed E-state index contributed by atoms with van der Waals surface area (Å²) < 4.78 is 17.2. The number of carbonyl (C=O) groups excluding carboxylic acids is 1. The van der Waals surface area contributed by atoms with Crippen molar-refractivity contribution in [1.29, 1.82) is 0 Å². The van der Waals surface area contributed by atoms with Gasteiger partial charge in [-0.3, -0.25) is 9.69 Å². The molecular formula is C25H27N7O2S. The van der Waals surface area contributed by atoms with Crippen LogP contribution in [0, 0.1) is 0 Å². The first-order valence-electron chi connectivity index (χ1n) is 11.4. The van der Waals surface area contributed by atoms with E-state index in [2.05, 4.69) is 44.5 Å². The molecule has 10 heteroatoms. The number of anilines is 2. The Morgan fingerprint density at radius 1 is 1.06 bits per heavy atom. The lowest BCUT2D eigenvalue weighted by Crippen LogP contribution is -2.46. The van der Waals surface area contributed by atoms with Crippen LogP contribution in [0.15, 0.2) is 72.0 Å². The van der Waals surface area contributed by atoms with Gasteiger partial charge in [0, 0.05) is 63.2 Å². The van der Waals surface area contributed by atoms with Crippen molar-refractivity contribution in [2.75, 3.05) is 37.2 Å². The highest BCUT2D eigenvalue weighted by atomic mass is 32.2. The minimum Gasteiger partial charge on any atom is -0.383 e. The van der Waals surface area contributed by atoms with Gasteiger partial charge in [0.05, 0.1) is 11.1 Å². The number of pyridine rings is 2. The molecule has 1 aliphatic heterocycles. The fourth-order valence-corrected chi connectivity index (χ4v) is 5.42. The van der Waals surface area contributed by atoms with Crippen molar-refractivity contribution in [2.45, 2.75) is 18.4 Å². The molecular weight excluding hydrogens is 462 g/mol. The molecule has 0 saturated carbocycles. The number of imidazole rings is 1. The van der Waals surface area contributed by atoms with Crippen molar-refractivity contribution in [3.05, 3.63) is 72.7 Å².